The van der Waals surface area contributed by atoms with Gasteiger partial charge in [-0.3, -0.25) is 13.9 Å². The number of amides is 1. The van der Waals surface area contributed by atoms with E-state index in [0.29, 0.717) is 19.4 Å². The zero-order chi connectivity index (χ0) is 21.1. The SMILES string of the molecule is Cn1c(=O)n(C)c2cc(CCC(=O)NCc3ccc(N4CCCCC4)cc3)ccc21. The summed E-state index contributed by atoms with van der Waals surface area (Å²) < 4.78 is 3.29. The fourth-order valence-electron chi connectivity index (χ4n) is 4.23. The number of imidazole rings is 1. The maximum Gasteiger partial charge on any atom is 0.328 e. The Labute approximate surface area is 177 Å². The Morgan fingerprint density at radius 1 is 0.900 bits per heavy atom. The third-order valence-electron chi connectivity index (χ3n) is 6.12. The molecule has 3 aromatic rings. The minimum absolute atomic E-state index is 0.0359. The van der Waals surface area contributed by atoms with Gasteiger partial charge in [0, 0.05) is 45.8 Å². The van der Waals surface area contributed by atoms with Crippen molar-refractivity contribution in [3.63, 3.8) is 0 Å². The summed E-state index contributed by atoms with van der Waals surface area (Å²) in [6.07, 6.45) is 4.95. The van der Waals surface area contributed by atoms with Crippen molar-refractivity contribution in [2.45, 2.75) is 38.6 Å². The van der Waals surface area contributed by atoms with Gasteiger partial charge in [0.05, 0.1) is 11.0 Å². The number of benzene rings is 2. The number of hydrogen-bond donors (Lipinski definition) is 1. The van der Waals surface area contributed by atoms with Gasteiger partial charge >= 0.3 is 5.69 Å². The molecule has 1 aliphatic rings. The lowest BCUT2D eigenvalue weighted by molar-refractivity contribution is -0.121. The lowest BCUT2D eigenvalue weighted by Crippen LogP contribution is -2.29. The van der Waals surface area contributed by atoms with Crippen molar-refractivity contribution in [1.29, 1.82) is 0 Å². The number of aryl methyl sites for hydroxylation is 3. The van der Waals surface area contributed by atoms with Crippen molar-refractivity contribution in [3.8, 4) is 0 Å². The van der Waals surface area contributed by atoms with Crippen molar-refractivity contribution in [2.24, 2.45) is 14.1 Å². The first-order valence-electron chi connectivity index (χ1n) is 10.8. The molecule has 2 aromatic carbocycles. The smallest absolute Gasteiger partial charge is 0.328 e. The van der Waals surface area contributed by atoms with Crippen LogP contribution in [-0.2, 0) is 31.9 Å². The lowest BCUT2D eigenvalue weighted by Gasteiger charge is -2.28. The van der Waals surface area contributed by atoms with Crippen LogP contribution < -0.4 is 15.9 Å². The molecule has 1 aromatic heterocycles. The fourth-order valence-corrected chi connectivity index (χ4v) is 4.23. The van der Waals surface area contributed by atoms with E-state index in [9.17, 15) is 9.59 Å². The molecule has 1 saturated heterocycles. The maximum atomic E-state index is 12.3. The van der Waals surface area contributed by atoms with Gasteiger partial charge < -0.3 is 10.2 Å². The zero-order valence-electron chi connectivity index (χ0n) is 17.9. The van der Waals surface area contributed by atoms with Crippen LogP contribution in [0.5, 0.6) is 0 Å². The average Bonchev–Trinajstić information content (AvgIpc) is 3.01. The molecule has 0 unspecified atom stereocenters. The molecule has 158 valence electrons. The molecule has 0 spiro atoms. The molecule has 0 saturated carbocycles. The van der Waals surface area contributed by atoms with Gasteiger partial charge in [-0.15, -0.1) is 0 Å². The summed E-state index contributed by atoms with van der Waals surface area (Å²) in [6.45, 7) is 2.82. The number of piperidine rings is 1. The van der Waals surface area contributed by atoms with Crippen molar-refractivity contribution in [1.82, 2.24) is 14.5 Å². The number of anilines is 1. The normalized spacial score (nSPS) is 14.3. The van der Waals surface area contributed by atoms with Crippen LogP contribution in [-0.4, -0.2) is 28.1 Å². The molecule has 0 bridgehead atoms. The van der Waals surface area contributed by atoms with Gasteiger partial charge in [-0.25, -0.2) is 4.79 Å². The molecule has 6 heteroatoms. The van der Waals surface area contributed by atoms with E-state index in [2.05, 4.69) is 34.5 Å². The highest BCUT2D eigenvalue weighted by atomic mass is 16.2. The van der Waals surface area contributed by atoms with Gasteiger partial charge in [-0.1, -0.05) is 18.2 Å². The van der Waals surface area contributed by atoms with Gasteiger partial charge in [-0.2, -0.15) is 0 Å². The molecule has 6 nitrogen and oxygen atoms in total. The standard InChI is InChI=1S/C24H30N4O2/c1-26-21-12-8-18(16-22(21)27(2)24(26)30)9-13-23(29)25-17-19-6-10-20(11-7-19)28-14-4-3-5-15-28/h6-8,10-12,16H,3-5,9,13-15,17H2,1-2H3,(H,25,29). The molecular formula is C24H30N4O2. The quantitative estimate of drug-likeness (QED) is 0.684. The van der Waals surface area contributed by atoms with E-state index in [0.717, 1.165) is 35.2 Å². The number of rotatable bonds is 6. The topological polar surface area (TPSA) is 59.3 Å². The Morgan fingerprint density at radius 3 is 2.30 bits per heavy atom. The molecule has 1 amide bonds. The number of fused-ring (bicyclic) bond motifs is 1. The Morgan fingerprint density at radius 2 is 1.57 bits per heavy atom. The van der Waals surface area contributed by atoms with E-state index >= 15 is 0 Å². The van der Waals surface area contributed by atoms with Crippen LogP contribution in [0.1, 0.15) is 36.8 Å². The van der Waals surface area contributed by atoms with Crippen LogP contribution >= 0.6 is 0 Å². The predicted octanol–water partition coefficient (Wildman–Crippen LogP) is 3.12. The number of nitrogens with zero attached hydrogens (tertiary/aromatic N) is 3. The molecular weight excluding hydrogens is 376 g/mol. The first kappa shape index (κ1) is 20.3. The highest BCUT2D eigenvalue weighted by molar-refractivity contribution is 5.78. The monoisotopic (exact) mass is 406 g/mol. The van der Waals surface area contributed by atoms with Gasteiger partial charge in [0.15, 0.2) is 0 Å². The largest absolute Gasteiger partial charge is 0.372 e. The number of aromatic nitrogens is 2. The summed E-state index contributed by atoms with van der Waals surface area (Å²) in [5, 5.41) is 3.02. The Kier molecular flexibility index (Phi) is 5.93. The van der Waals surface area contributed by atoms with Crippen LogP contribution in [0.3, 0.4) is 0 Å². The molecule has 30 heavy (non-hydrogen) atoms. The van der Waals surface area contributed by atoms with Gasteiger partial charge in [0.2, 0.25) is 5.91 Å². The minimum Gasteiger partial charge on any atom is -0.372 e. The van der Waals surface area contributed by atoms with Crippen molar-refractivity contribution in [2.75, 3.05) is 18.0 Å². The van der Waals surface area contributed by atoms with E-state index in [1.807, 2.05) is 18.2 Å². The molecule has 0 atom stereocenters. The second-order valence-corrected chi connectivity index (χ2v) is 8.21. The molecule has 1 aliphatic heterocycles. The third kappa shape index (κ3) is 4.27. The first-order chi connectivity index (χ1) is 14.5. The highest BCUT2D eigenvalue weighted by Crippen LogP contribution is 2.20. The van der Waals surface area contributed by atoms with E-state index in [4.69, 9.17) is 0 Å². The Bertz CT molecular complexity index is 1090. The summed E-state index contributed by atoms with van der Waals surface area (Å²) >= 11 is 0. The molecule has 0 radical (unpaired) electrons. The molecule has 1 N–H and O–H groups in total. The van der Waals surface area contributed by atoms with Crippen LogP contribution in [0.4, 0.5) is 5.69 Å². The maximum absolute atomic E-state index is 12.3. The summed E-state index contributed by atoms with van der Waals surface area (Å²) in [6, 6.07) is 14.5. The van der Waals surface area contributed by atoms with E-state index in [-0.39, 0.29) is 11.6 Å². The van der Waals surface area contributed by atoms with E-state index < -0.39 is 0 Å². The fraction of sp³-hybridized carbons (Fsp3) is 0.417. The number of nitrogens with one attached hydrogen (secondary N) is 1. The van der Waals surface area contributed by atoms with Crippen LogP contribution in [0.25, 0.3) is 11.0 Å². The zero-order valence-corrected chi connectivity index (χ0v) is 17.9. The van der Waals surface area contributed by atoms with Crippen molar-refractivity contribution in [3.05, 3.63) is 64.1 Å². The Hall–Kier alpha value is -3.02. The minimum atomic E-state index is -0.0359. The second-order valence-electron chi connectivity index (χ2n) is 8.21. The van der Waals surface area contributed by atoms with Gasteiger partial charge in [-0.05, 0) is 61.1 Å². The molecule has 4 rings (SSSR count). The summed E-state index contributed by atoms with van der Waals surface area (Å²) in [4.78, 5) is 26.8. The van der Waals surface area contributed by atoms with Crippen molar-refractivity contribution < 1.29 is 4.79 Å². The highest BCUT2D eigenvalue weighted by Gasteiger charge is 2.11. The number of carbonyl (C=O) groups is 1. The van der Waals surface area contributed by atoms with Crippen LogP contribution in [0.15, 0.2) is 47.3 Å². The first-order valence-corrected chi connectivity index (χ1v) is 10.8. The van der Waals surface area contributed by atoms with Gasteiger partial charge in [0.25, 0.3) is 0 Å². The second kappa shape index (κ2) is 8.78. The summed E-state index contributed by atoms with van der Waals surface area (Å²) in [5.74, 6) is 0.0390. The van der Waals surface area contributed by atoms with Crippen LogP contribution in [0, 0.1) is 0 Å². The lowest BCUT2D eigenvalue weighted by atomic mass is 10.1. The van der Waals surface area contributed by atoms with Gasteiger partial charge in [0.1, 0.15) is 0 Å². The Balaban J connectivity index is 1.29. The molecule has 1 fully saturated rings. The third-order valence-corrected chi connectivity index (χ3v) is 6.12. The van der Waals surface area contributed by atoms with Crippen molar-refractivity contribution >= 4 is 22.6 Å². The summed E-state index contributed by atoms with van der Waals surface area (Å²) in [5.41, 5.74) is 5.22. The number of carbonyl (C=O) groups excluding carboxylic acids is 1. The molecule has 2 heterocycles. The predicted molar refractivity (Wildman–Crippen MR) is 121 cm³/mol. The summed E-state index contributed by atoms with van der Waals surface area (Å²) in [7, 11) is 3.55. The number of hydrogen-bond acceptors (Lipinski definition) is 3. The molecule has 0 aliphatic carbocycles. The van der Waals surface area contributed by atoms with E-state index in [1.54, 1.807) is 23.2 Å². The van der Waals surface area contributed by atoms with E-state index in [1.165, 1.54) is 24.9 Å². The average molecular weight is 407 g/mol. The van der Waals surface area contributed by atoms with Crippen LogP contribution in [0.2, 0.25) is 0 Å².